The molecular formula is C56H35N5OS. The lowest BCUT2D eigenvalue weighted by Gasteiger charge is -2.39. The molecule has 63 heavy (non-hydrogen) atoms. The normalized spacial score (nSPS) is 15.0. The molecule has 10 aromatic rings. The first-order valence-corrected chi connectivity index (χ1v) is 22.0. The number of rotatable bonds is 5. The number of nitrogens with zero attached hydrogens (tertiary/aromatic N) is 4. The number of nitrogens with one attached hydrogen (secondary N) is 1. The van der Waals surface area contributed by atoms with Crippen molar-refractivity contribution in [3.63, 3.8) is 0 Å². The molecule has 0 saturated heterocycles. The first kappa shape index (κ1) is 35.7. The standard InChI is InChI=1S/C56H35N5OS/c1-4-17-34(18-5-1)49-51-50(38-23-10-15-30-47(38)63-51)58-54(57-49)37-31-32-41-40(33-37)48-39(55-60-52(35-19-6-2-7-20-35)59-53(61-55)36-21-8-3-9-22-36)24-16-27-44(48)56(41)42-25-11-13-28-45(42)62-46-29-14-12-26-43(46)56/h1-33,54,58H. The number of hydrogen-bond acceptors (Lipinski definition) is 7. The molecule has 1 atom stereocenters. The summed E-state index contributed by atoms with van der Waals surface area (Å²) in [7, 11) is 0. The molecule has 13 rings (SSSR count). The number of para-hydroxylation sites is 2. The summed E-state index contributed by atoms with van der Waals surface area (Å²) in [5.74, 6) is 3.52. The van der Waals surface area contributed by atoms with E-state index in [9.17, 15) is 0 Å². The lowest BCUT2D eigenvalue weighted by atomic mass is 9.66. The van der Waals surface area contributed by atoms with Crippen molar-refractivity contribution in [1.82, 2.24) is 15.0 Å². The molecule has 4 heterocycles. The molecule has 2 aliphatic heterocycles. The Morgan fingerprint density at radius 2 is 1.05 bits per heavy atom. The average Bonchev–Trinajstić information content (AvgIpc) is 3.88. The van der Waals surface area contributed by atoms with Gasteiger partial charge in [-0.05, 0) is 52.1 Å². The molecule has 0 saturated carbocycles. The molecule has 0 bridgehead atoms. The zero-order valence-electron chi connectivity index (χ0n) is 33.7. The smallest absolute Gasteiger partial charge is 0.164 e. The Morgan fingerprint density at radius 3 is 1.73 bits per heavy atom. The Balaban J connectivity index is 1.09. The van der Waals surface area contributed by atoms with Gasteiger partial charge in [-0.25, -0.2) is 15.0 Å². The highest BCUT2D eigenvalue weighted by molar-refractivity contribution is 7.22. The highest BCUT2D eigenvalue weighted by atomic mass is 32.1. The molecule has 1 spiro atoms. The van der Waals surface area contributed by atoms with Crippen LogP contribution in [0.25, 0.3) is 55.4 Å². The van der Waals surface area contributed by atoms with Crippen LogP contribution in [0.1, 0.15) is 44.4 Å². The number of thiophene rings is 1. The minimum absolute atomic E-state index is 0.357. The number of fused-ring (bicyclic) bond motifs is 12. The zero-order chi connectivity index (χ0) is 41.5. The van der Waals surface area contributed by atoms with Gasteiger partial charge in [-0.2, -0.15) is 0 Å². The Hall–Kier alpha value is -8.00. The molecule has 6 nitrogen and oxygen atoms in total. The fraction of sp³-hybridized carbons (Fsp3) is 0.0357. The third kappa shape index (κ3) is 5.43. The van der Waals surface area contributed by atoms with Gasteiger partial charge in [0, 0.05) is 43.5 Å². The Bertz CT molecular complexity index is 3370. The van der Waals surface area contributed by atoms with Crippen LogP contribution in [-0.4, -0.2) is 20.7 Å². The van der Waals surface area contributed by atoms with E-state index in [2.05, 4.69) is 169 Å². The van der Waals surface area contributed by atoms with Gasteiger partial charge in [0.05, 0.1) is 21.7 Å². The number of aliphatic imine (C=N–C) groups is 1. The summed E-state index contributed by atoms with van der Waals surface area (Å²) in [4.78, 5) is 22.4. The minimum atomic E-state index is -0.697. The van der Waals surface area contributed by atoms with Crippen LogP contribution in [0.15, 0.2) is 205 Å². The molecule has 8 aromatic carbocycles. The highest BCUT2D eigenvalue weighted by Crippen LogP contribution is 2.63. The fourth-order valence-corrected chi connectivity index (χ4v) is 11.1. The molecule has 296 valence electrons. The van der Waals surface area contributed by atoms with E-state index in [1.165, 1.54) is 15.6 Å². The SMILES string of the molecule is c1ccc(C2=NC(c3ccc4c(c3)-c3c(-c5nc(-c6ccccc6)nc(-c6ccccc6)n5)cccc3C43c4ccccc4Oc4ccccc43)Nc3c2sc2ccccc32)cc1. The van der Waals surface area contributed by atoms with Crippen molar-refractivity contribution in [2.45, 2.75) is 11.6 Å². The molecule has 1 unspecified atom stereocenters. The number of ether oxygens (including phenoxy) is 1. The zero-order valence-corrected chi connectivity index (χ0v) is 34.6. The summed E-state index contributed by atoms with van der Waals surface area (Å²) in [5, 5.41) is 5.12. The van der Waals surface area contributed by atoms with Gasteiger partial charge in [-0.15, -0.1) is 11.3 Å². The van der Waals surface area contributed by atoms with E-state index in [1.807, 2.05) is 36.4 Å². The highest BCUT2D eigenvalue weighted by Gasteiger charge is 2.52. The Kier molecular flexibility index (Phi) is 7.95. The van der Waals surface area contributed by atoms with E-state index in [1.54, 1.807) is 11.3 Å². The molecular weight excluding hydrogens is 791 g/mol. The number of anilines is 1. The molecule has 1 N–H and O–H groups in total. The van der Waals surface area contributed by atoms with Crippen molar-refractivity contribution < 1.29 is 4.74 Å². The predicted octanol–water partition coefficient (Wildman–Crippen LogP) is 13.5. The van der Waals surface area contributed by atoms with Gasteiger partial charge in [0.2, 0.25) is 0 Å². The maximum absolute atomic E-state index is 6.71. The van der Waals surface area contributed by atoms with Gasteiger partial charge in [-0.1, -0.05) is 176 Å². The Labute approximate surface area is 368 Å². The van der Waals surface area contributed by atoms with Gasteiger partial charge in [-0.3, -0.25) is 4.99 Å². The molecule has 2 aromatic heterocycles. The van der Waals surface area contributed by atoms with Crippen molar-refractivity contribution in [2.75, 3.05) is 5.32 Å². The monoisotopic (exact) mass is 825 g/mol. The third-order valence-electron chi connectivity index (χ3n) is 12.6. The van der Waals surface area contributed by atoms with E-state index in [4.69, 9.17) is 24.7 Å². The van der Waals surface area contributed by atoms with E-state index < -0.39 is 5.41 Å². The number of benzene rings is 8. The number of aromatic nitrogens is 3. The molecule has 7 heteroatoms. The van der Waals surface area contributed by atoms with Crippen LogP contribution in [0.3, 0.4) is 0 Å². The summed E-state index contributed by atoms with van der Waals surface area (Å²) >= 11 is 1.79. The van der Waals surface area contributed by atoms with Crippen molar-refractivity contribution in [2.24, 2.45) is 4.99 Å². The van der Waals surface area contributed by atoms with Gasteiger partial charge >= 0.3 is 0 Å². The first-order valence-electron chi connectivity index (χ1n) is 21.2. The van der Waals surface area contributed by atoms with E-state index in [0.29, 0.717) is 17.5 Å². The van der Waals surface area contributed by atoms with Crippen LogP contribution in [0.5, 0.6) is 11.5 Å². The summed E-state index contributed by atoms with van der Waals surface area (Å²) in [6.45, 7) is 0. The Morgan fingerprint density at radius 1 is 0.476 bits per heavy atom. The third-order valence-corrected chi connectivity index (χ3v) is 13.8. The summed E-state index contributed by atoms with van der Waals surface area (Å²) < 4.78 is 7.94. The van der Waals surface area contributed by atoms with Gasteiger partial charge in [0.25, 0.3) is 0 Å². The molecule has 1 aliphatic carbocycles. The van der Waals surface area contributed by atoms with E-state index in [-0.39, 0.29) is 6.17 Å². The molecule has 0 amide bonds. The predicted molar refractivity (Wildman–Crippen MR) is 254 cm³/mol. The maximum Gasteiger partial charge on any atom is 0.164 e. The summed E-state index contributed by atoms with van der Waals surface area (Å²) in [6, 6.07) is 70.0. The fourth-order valence-electron chi connectivity index (χ4n) is 9.93. The van der Waals surface area contributed by atoms with Crippen molar-refractivity contribution in [3.8, 4) is 56.8 Å². The second-order valence-corrected chi connectivity index (χ2v) is 17.2. The van der Waals surface area contributed by atoms with Gasteiger partial charge in [0.15, 0.2) is 17.5 Å². The second-order valence-electron chi connectivity index (χ2n) is 16.1. The van der Waals surface area contributed by atoms with Crippen LogP contribution in [0, 0.1) is 0 Å². The van der Waals surface area contributed by atoms with E-state index in [0.717, 1.165) is 83.4 Å². The minimum Gasteiger partial charge on any atom is -0.457 e. The quantitative estimate of drug-likeness (QED) is 0.187. The summed E-state index contributed by atoms with van der Waals surface area (Å²) in [5.41, 5.74) is 13.0. The summed E-state index contributed by atoms with van der Waals surface area (Å²) in [6.07, 6.45) is -0.357. The van der Waals surface area contributed by atoms with Crippen molar-refractivity contribution in [3.05, 3.63) is 238 Å². The van der Waals surface area contributed by atoms with Crippen LogP contribution in [0.4, 0.5) is 5.69 Å². The lowest BCUT2D eigenvalue weighted by molar-refractivity contribution is 0.436. The average molecular weight is 826 g/mol. The van der Waals surface area contributed by atoms with Crippen LogP contribution < -0.4 is 10.1 Å². The first-order chi connectivity index (χ1) is 31.2. The molecule has 3 aliphatic rings. The largest absolute Gasteiger partial charge is 0.457 e. The number of hydrogen-bond donors (Lipinski definition) is 1. The van der Waals surface area contributed by atoms with Gasteiger partial charge in [0.1, 0.15) is 17.7 Å². The van der Waals surface area contributed by atoms with Crippen LogP contribution in [0.2, 0.25) is 0 Å². The van der Waals surface area contributed by atoms with Crippen LogP contribution in [-0.2, 0) is 5.41 Å². The molecule has 0 fully saturated rings. The van der Waals surface area contributed by atoms with Crippen molar-refractivity contribution in [1.29, 1.82) is 0 Å². The van der Waals surface area contributed by atoms with E-state index >= 15 is 0 Å². The topological polar surface area (TPSA) is 72.3 Å². The van der Waals surface area contributed by atoms with Crippen LogP contribution >= 0.6 is 11.3 Å². The molecule has 0 radical (unpaired) electrons. The maximum atomic E-state index is 6.71. The lowest BCUT2D eigenvalue weighted by Crippen LogP contribution is -2.32. The van der Waals surface area contributed by atoms with Gasteiger partial charge < -0.3 is 10.1 Å². The second kappa shape index (κ2) is 14.0. The van der Waals surface area contributed by atoms with Crippen molar-refractivity contribution >= 4 is 32.8 Å².